The Morgan fingerprint density at radius 2 is 2.00 bits per heavy atom. The number of carbonyl (C=O) groups excluding carboxylic acids is 1. The molecular weight excluding hydrogens is 288 g/mol. The summed E-state index contributed by atoms with van der Waals surface area (Å²) in [6, 6.07) is 9.20. The number of nitrogens with two attached hydrogens (primary N) is 1. The highest BCUT2D eigenvalue weighted by atomic mass is 79.9. The molecule has 0 saturated heterocycles. The Morgan fingerprint density at radius 3 is 2.56 bits per heavy atom. The van der Waals surface area contributed by atoms with Gasteiger partial charge in [-0.2, -0.15) is 0 Å². The zero-order valence-corrected chi connectivity index (χ0v) is 11.0. The number of rotatable bonds is 3. The first kappa shape index (κ1) is 12.9. The van der Waals surface area contributed by atoms with Gasteiger partial charge < -0.3 is 5.73 Å². The van der Waals surface area contributed by atoms with E-state index in [2.05, 4.69) is 4.98 Å². The SMILES string of the molecule is Br.Nc1csc(CC(=O)c2ccccc2)n1. The van der Waals surface area contributed by atoms with Crippen LogP contribution in [0, 0.1) is 0 Å². The van der Waals surface area contributed by atoms with Crippen molar-refractivity contribution in [1.29, 1.82) is 0 Å². The summed E-state index contributed by atoms with van der Waals surface area (Å²) in [5.41, 5.74) is 6.20. The van der Waals surface area contributed by atoms with Crippen molar-refractivity contribution >= 4 is 39.9 Å². The van der Waals surface area contributed by atoms with Crippen molar-refractivity contribution in [3.8, 4) is 0 Å². The Kier molecular flexibility index (Phi) is 4.64. The largest absolute Gasteiger partial charge is 0.383 e. The third kappa shape index (κ3) is 3.15. The molecule has 0 amide bonds. The van der Waals surface area contributed by atoms with Gasteiger partial charge in [0.05, 0.1) is 6.42 Å². The maximum atomic E-state index is 11.7. The molecule has 84 valence electrons. The summed E-state index contributed by atoms with van der Waals surface area (Å²) in [4.78, 5) is 15.8. The number of benzene rings is 1. The number of nitrogen functional groups attached to an aromatic ring is 1. The van der Waals surface area contributed by atoms with E-state index in [0.29, 0.717) is 17.8 Å². The van der Waals surface area contributed by atoms with E-state index in [1.165, 1.54) is 11.3 Å². The van der Waals surface area contributed by atoms with Crippen molar-refractivity contribution in [2.24, 2.45) is 0 Å². The third-order valence-corrected chi connectivity index (χ3v) is 2.84. The van der Waals surface area contributed by atoms with E-state index in [-0.39, 0.29) is 22.8 Å². The van der Waals surface area contributed by atoms with Gasteiger partial charge in [-0.05, 0) is 0 Å². The summed E-state index contributed by atoms with van der Waals surface area (Å²) in [6.45, 7) is 0. The molecule has 0 saturated carbocycles. The lowest BCUT2D eigenvalue weighted by Crippen LogP contribution is -2.02. The molecule has 5 heteroatoms. The van der Waals surface area contributed by atoms with E-state index < -0.39 is 0 Å². The number of anilines is 1. The standard InChI is InChI=1S/C11H10N2OS.BrH/c12-10-7-15-11(13-10)6-9(14)8-4-2-1-3-5-8;/h1-5,7H,6,12H2;1H. The van der Waals surface area contributed by atoms with E-state index in [4.69, 9.17) is 5.73 Å². The van der Waals surface area contributed by atoms with Crippen LogP contribution in [0.5, 0.6) is 0 Å². The Bertz CT molecular complexity index is 470. The number of halogens is 1. The van der Waals surface area contributed by atoms with E-state index in [9.17, 15) is 4.79 Å². The van der Waals surface area contributed by atoms with Gasteiger partial charge in [-0.25, -0.2) is 4.98 Å². The van der Waals surface area contributed by atoms with E-state index >= 15 is 0 Å². The van der Waals surface area contributed by atoms with Gasteiger partial charge in [0.15, 0.2) is 5.78 Å². The lowest BCUT2D eigenvalue weighted by molar-refractivity contribution is 0.0993. The van der Waals surface area contributed by atoms with Crippen molar-refractivity contribution in [3.05, 3.63) is 46.3 Å². The maximum Gasteiger partial charge on any atom is 0.169 e. The van der Waals surface area contributed by atoms with Crippen LogP contribution in [0.1, 0.15) is 15.4 Å². The second-order valence-electron chi connectivity index (χ2n) is 3.13. The summed E-state index contributed by atoms with van der Waals surface area (Å²) in [6.07, 6.45) is 0.325. The minimum atomic E-state index is 0. The number of nitrogens with zero attached hydrogens (tertiary/aromatic N) is 1. The molecule has 0 radical (unpaired) electrons. The van der Waals surface area contributed by atoms with Crippen LogP contribution in [0.2, 0.25) is 0 Å². The van der Waals surface area contributed by atoms with E-state index in [0.717, 1.165) is 5.01 Å². The molecule has 1 heterocycles. The molecule has 0 aliphatic rings. The number of Topliss-reactive ketones (excluding diaryl/α,β-unsaturated/α-hetero) is 1. The number of hydrogen-bond acceptors (Lipinski definition) is 4. The predicted molar refractivity (Wildman–Crippen MR) is 71.3 cm³/mol. The van der Waals surface area contributed by atoms with Crippen LogP contribution < -0.4 is 5.73 Å². The normalized spacial score (nSPS) is 9.50. The molecular formula is C11H11BrN2OS. The fourth-order valence-corrected chi connectivity index (χ4v) is 1.95. The predicted octanol–water partition coefficient (Wildman–Crippen LogP) is 2.73. The number of hydrogen-bond donors (Lipinski definition) is 1. The quantitative estimate of drug-likeness (QED) is 0.887. The van der Waals surface area contributed by atoms with Gasteiger partial charge in [-0.15, -0.1) is 28.3 Å². The molecule has 1 aromatic carbocycles. The summed E-state index contributed by atoms with van der Waals surface area (Å²) in [5, 5.41) is 2.51. The first-order chi connectivity index (χ1) is 7.25. The van der Waals surface area contributed by atoms with Crippen molar-refractivity contribution in [2.75, 3.05) is 5.73 Å². The number of aromatic nitrogens is 1. The van der Waals surface area contributed by atoms with Crippen LogP contribution in [-0.2, 0) is 6.42 Å². The molecule has 0 aliphatic heterocycles. The molecule has 0 unspecified atom stereocenters. The van der Waals surface area contributed by atoms with Crippen LogP contribution >= 0.6 is 28.3 Å². The zero-order valence-electron chi connectivity index (χ0n) is 8.42. The third-order valence-electron chi connectivity index (χ3n) is 1.98. The molecule has 2 N–H and O–H groups in total. The maximum absolute atomic E-state index is 11.7. The molecule has 0 spiro atoms. The Hall–Kier alpha value is -1.20. The summed E-state index contributed by atoms with van der Waals surface area (Å²) in [7, 11) is 0. The van der Waals surface area contributed by atoms with Crippen LogP contribution in [0.4, 0.5) is 5.82 Å². The first-order valence-corrected chi connectivity index (χ1v) is 5.42. The Labute approximate surface area is 108 Å². The van der Waals surface area contributed by atoms with Gasteiger partial charge >= 0.3 is 0 Å². The highest BCUT2D eigenvalue weighted by molar-refractivity contribution is 8.93. The van der Waals surface area contributed by atoms with Gasteiger partial charge in [0.25, 0.3) is 0 Å². The number of thiazole rings is 1. The number of ketones is 1. The highest BCUT2D eigenvalue weighted by Gasteiger charge is 2.08. The highest BCUT2D eigenvalue weighted by Crippen LogP contribution is 2.13. The molecule has 0 fully saturated rings. The number of carbonyl (C=O) groups is 1. The Balaban J connectivity index is 0.00000128. The van der Waals surface area contributed by atoms with E-state index in [1.54, 1.807) is 17.5 Å². The zero-order chi connectivity index (χ0) is 10.7. The van der Waals surface area contributed by atoms with Crippen molar-refractivity contribution in [1.82, 2.24) is 4.98 Å². The molecule has 2 rings (SSSR count). The van der Waals surface area contributed by atoms with Gasteiger partial charge in [-0.3, -0.25) is 4.79 Å². The lowest BCUT2D eigenvalue weighted by atomic mass is 10.1. The van der Waals surface area contributed by atoms with Crippen LogP contribution in [0.25, 0.3) is 0 Å². The van der Waals surface area contributed by atoms with Crippen molar-refractivity contribution in [3.63, 3.8) is 0 Å². The smallest absolute Gasteiger partial charge is 0.169 e. The van der Waals surface area contributed by atoms with Crippen molar-refractivity contribution in [2.45, 2.75) is 6.42 Å². The summed E-state index contributed by atoms with van der Waals surface area (Å²) < 4.78 is 0. The molecule has 0 atom stereocenters. The van der Waals surface area contributed by atoms with Crippen LogP contribution in [0.15, 0.2) is 35.7 Å². The Morgan fingerprint density at radius 1 is 1.31 bits per heavy atom. The monoisotopic (exact) mass is 298 g/mol. The van der Waals surface area contributed by atoms with Gasteiger partial charge in [0, 0.05) is 10.9 Å². The lowest BCUT2D eigenvalue weighted by Gasteiger charge is -1.97. The topological polar surface area (TPSA) is 56.0 Å². The molecule has 0 aliphatic carbocycles. The fraction of sp³-hybridized carbons (Fsp3) is 0.0909. The molecule has 3 nitrogen and oxygen atoms in total. The second-order valence-corrected chi connectivity index (χ2v) is 4.07. The average molecular weight is 299 g/mol. The minimum absolute atomic E-state index is 0. The van der Waals surface area contributed by atoms with Crippen LogP contribution in [0.3, 0.4) is 0 Å². The van der Waals surface area contributed by atoms with Crippen molar-refractivity contribution < 1.29 is 4.79 Å². The average Bonchev–Trinajstić information content (AvgIpc) is 2.65. The molecule has 2 aromatic rings. The summed E-state index contributed by atoms with van der Waals surface area (Å²) in [5.74, 6) is 0.556. The molecule has 0 bridgehead atoms. The fourth-order valence-electron chi connectivity index (χ4n) is 1.27. The molecule has 16 heavy (non-hydrogen) atoms. The second kappa shape index (κ2) is 5.77. The van der Waals surface area contributed by atoms with Gasteiger partial charge in [0.2, 0.25) is 0 Å². The van der Waals surface area contributed by atoms with Gasteiger partial charge in [0.1, 0.15) is 10.8 Å². The van der Waals surface area contributed by atoms with Gasteiger partial charge in [-0.1, -0.05) is 30.3 Å². The first-order valence-electron chi connectivity index (χ1n) is 4.54. The van der Waals surface area contributed by atoms with E-state index in [1.807, 2.05) is 18.2 Å². The minimum Gasteiger partial charge on any atom is -0.383 e. The molecule has 1 aromatic heterocycles. The van der Waals surface area contributed by atoms with Crippen LogP contribution in [-0.4, -0.2) is 10.8 Å². The summed E-state index contributed by atoms with van der Waals surface area (Å²) >= 11 is 1.42.